The van der Waals surface area contributed by atoms with Gasteiger partial charge in [-0.15, -0.1) is 11.3 Å². The first-order chi connectivity index (χ1) is 10.3. The van der Waals surface area contributed by atoms with Crippen LogP contribution in [0.5, 0.6) is 5.75 Å². The molecule has 0 aliphatic heterocycles. The number of phenolic OH excluding ortho intramolecular Hbond substituents is 1. The lowest BCUT2D eigenvalue weighted by Crippen LogP contribution is -2.12. The number of nitrogens with one attached hydrogen (secondary N) is 1. The Morgan fingerprint density at radius 1 is 1.45 bits per heavy atom. The third-order valence-corrected chi connectivity index (χ3v) is 7.25. The van der Waals surface area contributed by atoms with E-state index in [0.717, 1.165) is 17.4 Å². The Morgan fingerprint density at radius 2 is 2.14 bits per heavy atom. The topological polar surface area (TPSA) is 92.7 Å². The maximum atomic E-state index is 12.2. The second-order valence-electron chi connectivity index (χ2n) is 4.01. The predicted molar refractivity (Wildman–Crippen MR) is 87.3 cm³/mol. The molecule has 10 heteroatoms. The van der Waals surface area contributed by atoms with Crippen LogP contribution in [-0.4, -0.2) is 26.6 Å². The largest absolute Gasteiger partial charge is 0.507 e. The van der Waals surface area contributed by atoms with Gasteiger partial charge in [0.1, 0.15) is 11.3 Å². The second-order valence-corrected chi connectivity index (χ2v) is 8.00. The smallest absolute Gasteiger partial charge is 0.341 e. The molecule has 0 aliphatic carbocycles. The first-order valence-corrected chi connectivity index (χ1v) is 9.16. The maximum Gasteiger partial charge on any atom is 0.341 e. The van der Waals surface area contributed by atoms with Gasteiger partial charge in [0.15, 0.2) is 4.21 Å². The van der Waals surface area contributed by atoms with E-state index in [4.69, 9.17) is 11.6 Å². The molecule has 0 unspecified atom stereocenters. The summed E-state index contributed by atoms with van der Waals surface area (Å²) < 4.78 is 31.7. The van der Waals surface area contributed by atoms with E-state index in [2.05, 4.69) is 25.4 Å². The van der Waals surface area contributed by atoms with Crippen molar-refractivity contribution in [1.29, 1.82) is 0 Å². The van der Waals surface area contributed by atoms with E-state index in [-0.39, 0.29) is 20.5 Å². The average Bonchev–Trinajstić information content (AvgIpc) is 2.78. The van der Waals surface area contributed by atoms with Crippen molar-refractivity contribution in [1.82, 2.24) is 0 Å². The molecule has 118 valence electrons. The Morgan fingerprint density at radius 3 is 2.64 bits per heavy atom. The van der Waals surface area contributed by atoms with Crippen LogP contribution in [0.2, 0.25) is 5.02 Å². The van der Waals surface area contributed by atoms with Crippen LogP contribution in [-0.2, 0) is 14.8 Å². The van der Waals surface area contributed by atoms with Crippen LogP contribution in [0.25, 0.3) is 0 Å². The van der Waals surface area contributed by atoms with Crippen LogP contribution in [0.15, 0.2) is 32.3 Å². The zero-order valence-electron chi connectivity index (χ0n) is 11.0. The Kier molecular flexibility index (Phi) is 5.00. The number of carbonyl (C=O) groups is 1. The Hall–Kier alpha value is -1.29. The summed E-state index contributed by atoms with van der Waals surface area (Å²) in [5.74, 6) is -1.12. The molecule has 0 bridgehead atoms. The first kappa shape index (κ1) is 17.1. The van der Waals surface area contributed by atoms with Crippen molar-refractivity contribution >= 4 is 60.5 Å². The molecule has 1 aromatic heterocycles. The molecule has 2 aromatic rings. The number of thiophene rings is 1. The minimum Gasteiger partial charge on any atom is -0.507 e. The van der Waals surface area contributed by atoms with E-state index in [1.165, 1.54) is 19.2 Å². The van der Waals surface area contributed by atoms with Gasteiger partial charge in [-0.1, -0.05) is 11.6 Å². The summed E-state index contributed by atoms with van der Waals surface area (Å²) >= 11 is 10.00. The van der Waals surface area contributed by atoms with Crippen molar-refractivity contribution in [2.24, 2.45) is 0 Å². The highest BCUT2D eigenvalue weighted by atomic mass is 79.9. The van der Waals surface area contributed by atoms with Crippen LogP contribution in [0.1, 0.15) is 10.4 Å². The molecule has 1 aromatic carbocycles. The number of hydrogen-bond acceptors (Lipinski definition) is 6. The Labute approximate surface area is 143 Å². The third-order valence-electron chi connectivity index (χ3n) is 2.56. The maximum absolute atomic E-state index is 12.2. The number of benzene rings is 1. The molecular formula is C12H9BrClNO5S2. The molecule has 0 spiro atoms. The summed E-state index contributed by atoms with van der Waals surface area (Å²) in [6.07, 6.45) is 0. The average molecular weight is 427 g/mol. The number of ether oxygens (including phenoxy) is 1. The number of halogens is 2. The molecule has 1 heterocycles. The minimum atomic E-state index is -3.90. The summed E-state index contributed by atoms with van der Waals surface area (Å²) in [7, 11) is -2.72. The molecule has 0 saturated carbocycles. The number of rotatable bonds is 4. The highest BCUT2D eigenvalue weighted by molar-refractivity contribution is 9.10. The lowest BCUT2D eigenvalue weighted by molar-refractivity contribution is 0.0597. The van der Waals surface area contributed by atoms with Crippen molar-refractivity contribution in [3.8, 4) is 5.75 Å². The highest BCUT2D eigenvalue weighted by Gasteiger charge is 2.23. The van der Waals surface area contributed by atoms with Gasteiger partial charge in [0.25, 0.3) is 10.0 Å². The van der Waals surface area contributed by atoms with Gasteiger partial charge >= 0.3 is 5.97 Å². The number of phenols is 1. The van der Waals surface area contributed by atoms with E-state index < -0.39 is 21.7 Å². The van der Waals surface area contributed by atoms with Crippen molar-refractivity contribution in [3.63, 3.8) is 0 Å². The SMILES string of the molecule is COC(=O)c1ccc(NS(=O)(=O)c2scc(Br)c2Cl)cc1O. The predicted octanol–water partition coefficient (Wildman–Crippen LogP) is 3.46. The molecule has 0 fully saturated rings. The number of carbonyl (C=O) groups excluding carboxylic acids is 1. The van der Waals surface area contributed by atoms with Crippen LogP contribution in [0.4, 0.5) is 5.69 Å². The van der Waals surface area contributed by atoms with Gasteiger partial charge < -0.3 is 9.84 Å². The molecule has 2 rings (SSSR count). The molecule has 0 atom stereocenters. The van der Waals surface area contributed by atoms with Crippen LogP contribution >= 0.6 is 38.9 Å². The monoisotopic (exact) mass is 425 g/mol. The Balaban J connectivity index is 2.33. The lowest BCUT2D eigenvalue weighted by Gasteiger charge is -2.09. The molecular weight excluding hydrogens is 418 g/mol. The molecule has 0 saturated heterocycles. The summed E-state index contributed by atoms with van der Waals surface area (Å²) in [6, 6.07) is 3.70. The lowest BCUT2D eigenvalue weighted by atomic mass is 10.2. The fraction of sp³-hybridized carbons (Fsp3) is 0.0833. The van der Waals surface area contributed by atoms with Gasteiger partial charge in [0.2, 0.25) is 0 Å². The third kappa shape index (κ3) is 3.37. The molecule has 2 N–H and O–H groups in total. The van der Waals surface area contributed by atoms with E-state index in [0.29, 0.717) is 4.47 Å². The fourth-order valence-corrected chi connectivity index (χ4v) is 5.06. The quantitative estimate of drug-likeness (QED) is 0.730. The number of methoxy groups -OCH3 is 1. The number of hydrogen-bond donors (Lipinski definition) is 2. The van der Waals surface area contributed by atoms with Crippen molar-refractivity contribution in [2.45, 2.75) is 4.21 Å². The summed E-state index contributed by atoms with van der Waals surface area (Å²) in [5.41, 5.74) is 0.0214. The van der Waals surface area contributed by atoms with Crippen molar-refractivity contribution in [3.05, 3.63) is 38.6 Å². The molecule has 0 radical (unpaired) electrons. The summed E-state index contributed by atoms with van der Waals surface area (Å²) in [5, 5.41) is 11.4. The van der Waals surface area contributed by atoms with Gasteiger partial charge in [0.05, 0.1) is 17.8 Å². The van der Waals surface area contributed by atoms with Gasteiger partial charge in [-0.2, -0.15) is 0 Å². The second kappa shape index (κ2) is 6.45. The van der Waals surface area contributed by atoms with Crippen LogP contribution in [0, 0.1) is 0 Å². The van der Waals surface area contributed by atoms with Crippen LogP contribution in [0.3, 0.4) is 0 Å². The van der Waals surface area contributed by atoms with Gasteiger partial charge in [-0.3, -0.25) is 4.72 Å². The van der Waals surface area contributed by atoms with Crippen LogP contribution < -0.4 is 4.72 Å². The standard InChI is InChI=1S/C12H9BrClNO5S2/c1-20-11(17)7-3-2-6(4-9(7)16)15-22(18,19)12-10(14)8(13)5-21-12/h2-5,15-16H,1H3. The van der Waals surface area contributed by atoms with Gasteiger partial charge in [-0.05, 0) is 28.1 Å². The molecule has 6 nitrogen and oxygen atoms in total. The Bertz CT molecular complexity index is 834. The van der Waals surface area contributed by atoms with Crippen molar-refractivity contribution in [2.75, 3.05) is 11.8 Å². The molecule has 0 amide bonds. The molecule has 22 heavy (non-hydrogen) atoms. The summed E-state index contributed by atoms with van der Waals surface area (Å²) in [6.45, 7) is 0. The van der Waals surface area contributed by atoms with E-state index >= 15 is 0 Å². The molecule has 0 aliphatic rings. The number of esters is 1. The van der Waals surface area contributed by atoms with E-state index in [9.17, 15) is 18.3 Å². The first-order valence-electron chi connectivity index (χ1n) is 5.63. The zero-order chi connectivity index (χ0) is 16.5. The van der Waals surface area contributed by atoms with Gasteiger partial charge in [-0.25, -0.2) is 13.2 Å². The van der Waals surface area contributed by atoms with E-state index in [1.807, 2.05) is 0 Å². The summed E-state index contributed by atoms with van der Waals surface area (Å²) in [4.78, 5) is 11.4. The van der Waals surface area contributed by atoms with Crippen molar-refractivity contribution < 1.29 is 23.1 Å². The number of aromatic hydroxyl groups is 1. The number of sulfonamides is 1. The van der Waals surface area contributed by atoms with E-state index in [1.54, 1.807) is 5.38 Å². The number of anilines is 1. The normalized spacial score (nSPS) is 11.2. The fourth-order valence-electron chi connectivity index (χ4n) is 1.57. The minimum absolute atomic E-state index is 0.0578. The highest BCUT2D eigenvalue weighted by Crippen LogP contribution is 2.36. The van der Waals surface area contributed by atoms with Gasteiger partial charge in [0, 0.05) is 15.9 Å². The zero-order valence-corrected chi connectivity index (χ0v) is 14.9.